The molecule has 45 heavy (non-hydrogen) atoms. The van der Waals surface area contributed by atoms with Crippen molar-refractivity contribution in [3.05, 3.63) is 116 Å². The number of hydrogen-bond acceptors (Lipinski definition) is 7. The summed E-state index contributed by atoms with van der Waals surface area (Å²) in [6.07, 6.45) is -3.65. The van der Waals surface area contributed by atoms with Crippen molar-refractivity contribution in [2.24, 2.45) is 0 Å². The Morgan fingerprint density at radius 1 is 1.04 bits per heavy atom. The standard InChI is InChI=1S/C29H22Cl2F4N8O2/c1-15-10-18(30)11-22(27(45)37-16(2)17-5-7-19(32)8-6-17)21(15)13-25(44)24-12-20(14-42-40-28(38-41-42)29(33,34)35)39-43(24)26-23(31)4-3-9-36-26/h3-12,16H,13-14H2,1-2H3,(H,37,45). The van der Waals surface area contributed by atoms with Crippen molar-refractivity contribution in [3.63, 3.8) is 0 Å². The average Bonchev–Trinajstić information content (AvgIpc) is 3.62. The van der Waals surface area contributed by atoms with E-state index < -0.39 is 35.6 Å². The van der Waals surface area contributed by atoms with Gasteiger partial charge in [0.25, 0.3) is 11.7 Å². The Morgan fingerprint density at radius 2 is 1.78 bits per heavy atom. The Morgan fingerprint density at radius 3 is 2.44 bits per heavy atom. The molecule has 0 aliphatic carbocycles. The first-order chi connectivity index (χ1) is 21.3. The maximum Gasteiger partial charge on any atom is 0.455 e. The highest BCUT2D eigenvalue weighted by Crippen LogP contribution is 2.27. The van der Waals surface area contributed by atoms with Crippen molar-refractivity contribution in [2.75, 3.05) is 0 Å². The third-order valence-electron chi connectivity index (χ3n) is 6.73. The van der Waals surface area contributed by atoms with Crippen LogP contribution in [-0.4, -0.2) is 46.7 Å². The molecule has 0 bridgehead atoms. The molecule has 1 atom stereocenters. The molecule has 3 heterocycles. The number of halogens is 6. The topological polar surface area (TPSA) is 120 Å². The van der Waals surface area contributed by atoms with Crippen LogP contribution in [0, 0.1) is 12.7 Å². The number of nitrogens with one attached hydrogen (secondary N) is 1. The number of rotatable bonds is 9. The third kappa shape index (κ3) is 7.18. The van der Waals surface area contributed by atoms with Gasteiger partial charge in [-0.15, -0.1) is 10.2 Å². The van der Waals surface area contributed by atoms with Crippen LogP contribution in [0.2, 0.25) is 10.0 Å². The lowest BCUT2D eigenvalue weighted by Crippen LogP contribution is -2.28. The molecule has 16 heteroatoms. The number of aromatic nitrogens is 7. The molecular weight excluding hydrogens is 639 g/mol. The van der Waals surface area contributed by atoms with E-state index >= 15 is 0 Å². The Labute approximate surface area is 263 Å². The van der Waals surface area contributed by atoms with Gasteiger partial charge in [0.2, 0.25) is 0 Å². The number of benzene rings is 2. The highest BCUT2D eigenvalue weighted by atomic mass is 35.5. The molecule has 5 aromatic rings. The summed E-state index contributed by atoms with van der Waals surface area (Å²) in [5.74, 6) is -2.77. The zero-order chi connectivity index (χ0) is 32.5. The molecule has 0 aliphatic heterocycles. The summed E-state index contributed by atoms with van der Waals surface area (Å²) >= 11 is 12.6. The Balaban J connectivity index is 1.48. The number of pyridine rings is 1. The summed E-state index contributed by atoms with van der Waals surface area (Å²) in [5.41, 5.74) is 1.85. The maximum absolute atomic E-state index is 13.9. The van der Waals surface area contributed by atoms with Crippen molar-refractivity contribution < 1.29 is 27.2 Å². The number of alkyl halides is 3. The van der Waals surface area contributed by atoms with Crippen LogP contribution >= 0.6 is 23.2 Å². The minimum Gasteiger partial charge on any atom is -0.346 e. The first kappa shape index (κ1) is 31.7. The fraction of sp³-hybridized carbons (Fsp3) is 0.207. The van der Waals surface area contributed by atoms with Gasteiger partial charge in [0.15, 0.2) is 11.6 Å². The minimum atomic E-state index is -4.79. The lowest BCUT2D eigenvalue weighted by Gasteiger charge is -2.18. The number of tetrazole rings is 1. The first-order valence-electron chi connectivity index (χ1n) is 13.2. The number of aryl methyl sites for hydroxylation is 1. The minimum absolute atomic E-state index is 0.0119. The molecule has 0 radical (unpaired) electrons. The van der Waals surface area contributed by atoms with Crippen molar-refractivity contribution in [2.45, 2.75) is 39.0 Å². The van der Waals surface area contributed by atoms with Gasteiger partial charge in [0.1, 0.15) is 18.1 Å². The average molecular weight is 661 g/mol. The van der Waals surface area contributed by atoms with Crippen LogP contribution in [0.5, 0.6) is 0 Å². The van der Waals surface area contributed by atoms with Gasteiger partial charge < -0.3 is 5.32 Å². The molecule has 0 saturated heterocycles. The Hall–Kier alpha value is -4.69. The number of ketones is 1. The van der Waals surface area contributed by atoms with E-state index in [-0.39, 0.29) is 45.8 Å². The molecule has 1 amide bonds. The molecular formula is C29H22Cl2F4N8O2. The molecule has 1 N–H and O–H groups in total. The molecule has 0 aliphatic rings. The molecule has 3 aromatic heterocycles. The summed E-state index contributed by atoms with van der Waals surface area (Å²) < 4.78 is 53.5. The van der Waals surface area contributed by atoms with E-state index in [0.29, 0.717) is 21.5 Å². The second-order valence-electron chi connectivity index (χ2n) is 9.98. The van der Waals surface area contributed by atoms with E-state index in [1.807, 2.05) is 0 Å². The van der Waals surface area contributed by atoms with E-state index in [2.05, 4.69) is 30.8 Å². The second kappa shape index (κ2) is 12.7. The Kier molecular flexibility index (Phi) is 8.98. The lowest BCUT2D eigenvalue weighted by atomic mass is 9.95. The summed E-state index contributed by atoms with van der Waals surface area (Å²) in [6.45, 7) is 3.07. The van der Waals surface area contributed by atoms with Crippen LogP contribution in [0.25, 0.3) is 5.82 Å². The molecule has 1 unspecified atom stereocenters. The van der Waals surface area contributed by atoms with Crippen molar-refractivity contribution in [3.8, 4) is 5.82 Å². The van der Waals surface area contributed by atoms with Gasteiger partial charge in [-0.3, -0.25) is 9.59 Å². The first-order valence-corrected chi connectivity index (χ1v) is 14.0. The van der Waals surface area contributed by atoms with Gasteiger partial charge in [0, 0.05) is 23.2 Å². The van der Waals surface area contributed by atoms with Gasteiger partial charge in [-0.05, 0) is 78.2 Å². The SMILES string of the molecule is Cc1cc(Cl)cc(C(=O)NC(C)c2ccc(F)cc2)c1CC(=O)c1cc(Cn2nnc(C(F)(F)F)n2)nn1-c1ncccc1Cl. The molecule has 10 nitrogen and oxygen atoms in total. The van der Waals surface area contributed by atoms with Crippen LogP contribution in [0.3, 0.4) is 0 Å². The third-order valence-corrected chi connectivity index (χ3v) is 7.25. The predicted molar refractivity (Wildman–Crippen MR) is 155 cm³/mol. The fourth-order valence-corrected chi connectivity index (χ4v) is 5.01. The van der Waals surface area contributed by atoms with E-state index in [1.165, 1.54) is 41.2 Å². The normalized spacial score (nSPS) is 12.3. The molecule has 5 rings (SSSR count). The molecule has 2 aromatic carbocycles. The van der Waals surface area contributed by atoms with Crippen molar-refractivity contribution in [1.82, 2.24) is 40.3 Å². The highest BCUT2D eigenvalue weighted by molar-refractivity contribution is 6.32. The van der Waals surface area contributed by atoms with Gasteiger partial charge in [-0.25, -0.2) is 14.1 Å². The number of hydrogen-bond donors (Lipinski definition) is 1. The Bertz CT molecular complexity index is 1890. The fourth-order valence-electron chi connectivity index (χ4n) is 4.54. The van der Waals surface area contributed by atoms with E-state index in [4.69, 9.17) is 23.2 Å². The van der Waals surface area contributed by atoms with Crippen molar-refractivity contribution >= 4 is 34.9 Å². The second-order valence-corrected chi connectivity index (χ2v) is 10.8. The highest BCUT2D eigenvalue weighted by Gasteiger charge is 2.37. The summed E-state index contributed by atoms with van der Waals surface area (Å²) in [4.78, 5) is 32.2. The zero-order valence-corrected chi connectivity index (χ0v) is 25.0. The van der Waals surface area contributed by atoms with E-state index in [1.54, 1.807) is 38.1 Å². The number of nitrogens with zero attached hydrogens (tertiary/aromatic N) is 7. The van der Waals surface area contributed by atoms with Crippen LogP contribution in [-0.2, 0) is 19.1 Å². The molecule has 0 saturated carbocycles. The number of amides is 1. The monoisotopic (exact) mass is 660 g/mol. The zero-order valence-electron chi connectivity index (χ0n) is 23.5. The van der Waals surface area contributed by atoms with Crippen LogP contribution in [0.15, 0.2) is 60.8 Å². The quantitative estimate of drug-likeness (QED) is 0.152. The smallest absolute Gasteiger partial charge is 0.346 e. The largest absolute Gasteiger partial charge is 0.455 e. The number of carbonyl (C=O) groups is 2. The lowest BCUT2D eigenvalue weighted by molar-refractivity contribution is -0.145. The van der Waals surface area contributed by atoms with Gasteiger partial charge >= 0.3 is 6.18 Å². The number of carbonyl (C=O) groups excluding carboxylic acids is 2. The molecule has 0 spiro atoms. The van der Waals surface area contributed by atoms with Crippen LogP contribution in [0.1, 0.15) is 62.0 Å². The number of Topliss-reactive ketones (excluding diaryl/α,β-unsaturated/α-hetero) is 1. The molecule has 232 valence electrons. The van der Waals surface area contributed by atoms with Crippen LogP contribution < -0.4 is 5.32 Å². The summed E-state index contributed by atoms with van der Waals surface area (Å²) in [7, 11) is 0. The van der Waals surface area contributed by atoms with Crippen LogP contribution in [0.4, 0.5) is 17.6 Å². The van der Waals surface area contributed by atoms with Gasteiger partial charge in [-0.1, -0.05) is 35.3 Å². The summed E-state index contributed by atoms with van der Waals surface area (Å²) in [6, 6.07) is 12.7. The van der Waals surface area contributed by atoms with Crippen molar-refractivity contribution in [1.29, 1.82) is 0 Å². The van der Waals surface area contributed by atoms with E-state index in [9.17, 15) is 27.2 Å². The molecule has 0 fully saturated rings. The van der Waals surface area contributed by atoms with E-state index in [0.717, 1.165) is 0 Å². The van der Waals surface area contributed by atoms with Gasteiger partial charge in [0.05, 0.1) is 16.8 Å². The van der Waals surface area contributed by atoms with Gasteiger partial charge in [-0.2, -0.15) is 23.1 Å². The summed E-state index contributed by atoms with van der Waals surface area (Å²) in [5, 5.41) is 17.4. The maximum atomic E-state index is 13.9. The predicted octanol–water partition coefficient (Wildman–Crippen LogP) is 5.99.